The van der Waals surface area contributed by atoms with Crippen molar-refractivity contribution < 1.29 is 22.7 Å². The number of halogens is 3. The van der Waals surface area contributed by atoms with Crippen LogP contribution >= 0.6 is 0 Å². The third kappa shape index (κ3) is 4.94. The second-order valence-corrected chi connectivity index (χ2v) is 9.26. The molecule has 184 valence electrons. The number of likely N-dealkylation sites (tertiary alicyclic amines) is 1. The zero-order chi connectivity index (χ0) is 24.7. The second-order valence-electron chi connectivity index (χ2n) is 9.26. The van der Waals surface area contributed by atoms with Crippen LogP contribution in [-0.4, -0.2) is 52.6 Å². The number of hydrogen-bond donors (Lipinski definition) is 2. The zero-order valence-corrected chi connectivity index (χ0v) is 19.1. The fraction of sp³-hybridized carbons (Fsp3) is 0.400. The van der Waals surface area contributed by atoms with Crippen molar-refractivity contribution in [2.45, 2.75) is 43.9 Å². The van der Waals surface area contributed by atoms with Gasteiger partial charge in [-0.05, 0) is 44.0 Å². The first-order valence-electron chi connectivity index (χ1n) is 11.6. The third-order valence-electron chi connectivity index (χ3n) is 6.69. The van der Waals surface area contributed by atoms with Crippen LogP contribution in [0.1, 0.15) is 43.0 Å². The molecule has 4 atom stereocenters. The van der Waals surface area contributed by atoms with E-state index < -0.39 is 40.9 Å². The fourth-order valence-electron chi connectivity index (χ4n) is 5.01. The molecule has 0 radical (unpaired) electrons. The standard InChI is InChI=1S/C25H25F3N4O3/c1-13(23-21(28)8-16(27)9-29-23)30-25(34)20(12-32-10-17-3-4-18(11-32)35-17)19-7-14-6-15(26)2-5-22(14)31-24(19)33/h2,5-9,13,17-18,20H,3-4,10-12H2,1H3,(H,30,34)(H,31,33)/t13-,17?,18?,20-/m0/s1. The van der Waals surface area contributed by atoms with Gasteiger partial charge in [-0.2, -0.15) is 0 Å². The number of rotatable bonds is 6. The Morgan fingerprint density at radius 3 is 2.63 bits per heavy atom. The summed E-state index contributed by atoms with van der Waals surface area (Å²) in [5, 5.41) is 3.18. The average molecular weight is 486 g/mol. The van der Waals surface area contributed by atoms with Gasteiger partial charge in [0.05, 0.1) is 36.1 Å². The molecule has 0 aliphatic carbocycles. The van der Waals surface area contributed by atoms with Gasteiger partial charge in [0.1, 0.15) is 17.5 Å². The first kappa shape index (κ1) is 23.5. The maximum Gasteiger partial charge on any atom is 0.252 e. The van der Waals surface area contributed by atoms with E-state index in [1.807, 2.05) is 0 Å². The molecule has 2 bridgehead atoms. The molecule has 0 saturated carbocycles. The van der Waals surface area contributed by atoms with Crippen LogP contribution in [0.5, 0.6) is 0 Å². The normalized spacial score (nSPS) is 21.7. The fourth-order valence-corrected chi connectivity index (χ4v) is 5.01. The van der Waals surface area contributed by atoms with E-state index >= 15 is 0 Å². The van der Waals surface area contributed by atoms with E-state index in [4.69, 9.17) is 4.74 Å². The Bertz CT molecular complexity index is 1320. The lowest BCUT2D eigenvalue weighted by molar-refractivity contribution is -0.124. The number of carbonyl (C=O) groups excluding carboxylic acids is 1. The topological polar surface area (TPSA) is 87.3 Å². The van der Waals surface area contributed by atoms with Gasteiger partial charge < -0.3 is 15.0 Å². The van der Waals surface area contributed by atoms with Crippen molar-refractivity contribution in [1.82, 2.24) is 20.2 Å². The van der Waals surface area contributed by atoms with E-state index in [-0.39, 0.29) is 30.0 Å². The van der Waals surface area contributed by atoms with Gasteiger partial charge in [0.25, 0.3) is 5.56 Å². The third-order valence-corrected chi connectivity index (χ3v) is 6.69. The van der Waals surface area contributed by atoms with Crippen molar-refractivity contribution in [2.24, 2.45) is 0 Å². The van der Waals surface area contributed by atoms with Gasteiger partial charge in [0.15, 0.2) is 0 Å². The number of nitrogens with one attached hydrogen (secondary N) is 2. The predicted molar refractivity (Wildman–Crippen MR) is 122 cm³/mol. The van der Waals surface area contributed by atoms with Crippen molar-refractivity contribution in [2.75, 3.05) is 19.6 Å². The molecular formula is C25H25F3N4O3. The summed E-state index contributed by atoms with van der Waals surface area (Å²) in [7, 11) is 0. The number of benzene rings is 1. The number of aromatic amines is 1. The summed E-state index contributed by atoms with van der Waals surface area (Å²) in [5.41, 5.74) is 0.0606. The number of amides is 1. The van der Waals surface area contributed by atoms with Crippen LogP contribution in [-0.2, 0) is 9.53 Å². The Hall–Kier alpha value is -3.24. The predicted octanol–water partition coefficient (Wildman–Crippen LogP) is 3.16. The van der Waals surface area contributed by atoms with Crippen molar-refractivity contribution >= 4 is 16.8 Å². The highest BCUT2D eigenvalue weighted by atomic mass is 19.1. The largest absolute Gasteiger partial charge is 0.372 e. The molecule has 2 aliphatic heterocycles. The lowest BCUT2D eigenvalue weighted by atomic mass is 9.96. The maximum absolute atomic E-state index is 14.3. The van der Waals surface area contributed by atoms with Crippen LogP contribution in [0.25, 0.3) is 10.9 Å². The smallest absolute Gasteiger partial charge is 0.252 e. The van der Waals surface area contributed by atoms with E-state index in [9.17, 15) is 22.8 Å². The number of morpholine rings is 1. The van der Waals surface area contributed by atoms with Crippen LogP contribution in [0.15, 0.2) is 41.3 Å². The quantitative estimate of drug-likeness (QED) is 0.559. The van der Waals surface area contributed by atoms with Crippen LogP contribution in [0.4, 0.5) is 13.2 Å². The number of aromatic nitrogens is 2. The number of nitrogens with zero attached hydrogens (tertiary/aromatic N) is 2. The highest BCUT2D eigenvalue weighted by Gasteiger charge is 2.36. The molecule has 2 N–H and O–H groups in total. The molecule has 2 aromatic heterocycles. The number of pyridine rings is 2. The van der Waals surface area contributed by atoms with Gasteiger partial charge >= 0.3 is 0 Å². The van der Waals surface area contributed by atoms with Crippen LogP contribution < -0.4 is 10.9 Å². The molecule has 2 unspecified atom stereocenters. The number of H-pyrrole nitrogens is 1. The molecule has 1 aromatic carbocycles. The Morgan fingerprint density at radius 2 is 1.91 bits per heavy atom. The van der Waals surface area contributed by atoms with E-state index in [1.54, 1.807) is 0 Å². The summed E-state index contributed by atoms with van der Waals surface area (Å²) in [6, 6.07) is 5.36. The Kier molecular flexibility index (Phi) is 6.33. The molecule has 7 nitrogen and oxygen atoms in total. The summed E-state index contributed by atoms with van der Waals surface area (Å²) >= 11 is 0. The number of ether oxygens (including phenoxy) is 1. The first-order valence-corrected chi connectivity index (χ1v) is 11.6. The minimum Gasteiger partial charge on any atom is -0.372 e. The monoisotopic (exact) mass is 486 g/mol. The Balaban J connectivity index is 1.47. The van der Waals surface area contributed by atoms with E-state index in [0.29, 0.717) is 30.1 Å². The van der Waals surface area contributed by atoms with Gasteiger partial charge in [-0.1, -0.05) is 0 Å². The van der Waals surface area contributed by atoms with Crippen molar-refractivity contribution in [3.63, 3.8) is 0 Å². The minimum atomic E-state index is -0.921. The molecular weight excluding hydrogens is 461 g/mol. The summed E-state index contributed by atoms with van der Waals surface area (Å²) in [4.78, 5) is 35.1. The molecule has 2 saturated heterocycles. The number of hydrogen-bond acceptors (Lipinski definition) is 5. The summed E-state index contributed by atoms with van der Waals surface area (Å²) < 4.78 is 47.3. The van der Waals surface area contributed by atoms with Gasteiger partial charge in [-0.3, -0.25) is 19.5 Å². The maximum atomic E-state index is 14.3. The lowest BCUT2D eigenvalue weighted by Crippen LogP contribution is -2.47. The molecule has 10 heteroatoms. The van der Waals surface area contributed by atoms with Gasteiger partial charge in [0.2, 0.25) is 5.91 Å². The minimum absolute atomic E-state index is 0.0814. The number of carbonyl (C=O) groups is 1. The van der Waals surface area contributed by atoms with Crippen LogP contribution in [0.2, 0.25) is 0 Å². The molecule has 5 rings (SSSR count). The summed E-state index contributed by atoms with van der Waals surface area (Å²) in [5.74, 6) is -3.59. The molecule has 0 spiro atoms. The zero-order valence-electron chi connectivity index (χ0n) is 19.1. The first-order chi connectivity index (χ1) is 16.8. The summed E-state index contributed by atoms with van der Waals surface area (Å²) in [6.45, 7) is 3.03. The molecule has 2 fully saturated rings. The Morgan fingerprint density at radius 1 is 1.17 bits per heavy atom. The molecule has 1 amide bonds. The van der Waals surface area contributed by atoms with Gasteiger partial charge in [-0.25, -0.2) is 13.2 Å². The molecule has 2 aliphatic rings. The second kappa shape index (κ2) is 9.43. The van der Waals surface area contributed by atoms with Crippen LogP contribution in [0.3, 0.4) is 0 Å². The molecule has 35 heavy (non-hydrogen) atoms. The Labute approximate surface area is 199 Å². The van der Waals surface area contributed by atoms with Crippen molar-refractivity contribution in [3.05, 3.63) is 75.6 Å². The van der Waals surface area contributed by atoms with Gasteiger partial charge in [-0.15, -0.1) is 0 Å². The SMILES string of the molecule is C[C@H](NC(=O)[C@@H](CN1CC2CCC(C1)O2)c1cc2cc(F)ccc2[nH]c1=O)c1ncc(F)cc1F. The lowest BCUT2D eigenvalue weighted by Gasteiger charge is -2.34. The van der Waals surface area contributed by atoms with E-state index in [0.717, 1.165) is 19.0 Å². The molecule has 3 aromatic rings. The van der Waals surface area contributed by atoms with Crippen molar-refractivity contribution in [1.29, 1.82) is 0 Å². The summed E-state index contributed by atoms with van der Waals surface area (Å²) in [6.07, 6.45) is 2.93. The number of fused-ring (bicyclic) bond motifs is 3. The van der Waals surface area contributed by atoms with Gasteiger partial charge in [0, 0.05) is 42.2 Å². The van der Waals surface area contributed by atoms with Crippen molar-refractivity contribution in [3.8, 4) is 0 Å². The molecule has 4 heterocycles. The highest BCUT2D eigenvalue weighted by molar-refractivity contribution is 5.86. The van der Waals surface area contributed by atoms with E-state index in [1.165, 1.54) is 31.2 Å². The average Bonchev–Trinajstić information content (AvgIpc) is 3.15. The van der Waals surface area contributed by atoms with Crippen LogP contribution in [0, 0.1) is 17.5 Å². The van der Waals surface area contributed by atoms with E-state index in [2.05, 4.69) is 20.2 Å². The highest BCUT2D eigenvalue weighted by Crippen LogP contribution is 2.29.